The summed E-state index contributed by atoms with van der Waals surface area (Å²) in [5.41, 5.74) is 5.73. The summed E-state index contributed by atoms with van der Waals surface area (Å²) in [6.45, 7) is 3.24. The van der Waals surface area contributed by atoms with E-state index in [0.29, 0.717) is 19.6 Å². The topological polar surface area (TPSA) is 73.6 Å². The summed E-state index contributed by atoms with van der Waals surface area (Å²) >= 11 is 0. The van der Waals surface area contributed by atoms with Crippen molar-refractivity contribution in [3.63, 3.8) is 0 Å². The number of rotatable bonds is 5. The van der Waals surface area contributed by atoms with Crippen molar-refractivity contribution in [3.05, 3.63) is 0 Å². The summed E-state index contributed by atoms with van der Waals surface area (Å²) in [7, 11) is 1.60. The van der Waals surface area contributed by atoms with Gasteiger partial charge in [0.2, 0.25) is 5.91 Å². The largest absolute Gasteiger partial charge is 0.385 e. The Hall–Kier alpha value is -0.650. The maximum Gasteiger partial charge on any atom is 0.237 e. The van der Waals surface area contributed by atoms with Crippen molar-refractivity contribution in [2.45, 2.75) is 44.4 Å². The molecule has 0 bridgehead atoms. The number of nitrogens with one attached hydrogen (secondary N) is 1. The van der Waals surface area contributed by atoms with Gasteiger partial charge in [-0.2, -0.15) is 0 Å². The average Bonchev–Trinajstić information content (AvgIpc) is 2.25. The highest BCUT2D eigenvalue weighted by molar-refractivity contribution is 5.81. The Morgan fingerprint density at radius 3 is 3.06 bits per heavy atom. The molecule has 3 unspecified atom stereocenters. The summed E-state index contributed by atoms with van der Waals surface area (Å²) in [5.74, 6) is -0.0869. The highest BCUT2D eigenvalue weighted by atomic mass is 16.5. The smallest absolute Gasteiger partial charge is 0.237 e. The summed E-state index contributed by atoms with van der Waals surface area (Å²) < 4.78 is 10.3. The van der Waals surface area contributed by atoms with E-state index in [1.165, 1.54) is 0 Å². The Kier molecular flexibility index (Phi) is 5.73. The van der Waals surface area contributed by atoms with Crippen LogP contribution in [0.25, 0.3) is 0 Å². The number of amides is 1. The molecular formula is C11H22N2O3. The third kappa shape index (κ3) is 4.47. The number of carbonyl (C=O) groups excluding carboxylic acids is 1. The maximum atomic E-state index is 11.7. The second-order valence-corrected chi connectivity index (χ2v) is 4.30. The molecular weight excluding hydrogens is 208 g/mol. The monoisotopic (exact) mass is 230 g/mol. The van der Waals surface area contributed by atoms with Crippen molar-refractivity contribution in [2.24, 2.45) is 5.73 Å². The molecule has 0 saturated carbocycles. The number of hydrogen-bond acceptors (Lipinski definition) is 4. The molecule has 5 nitrogen and oxygen atoms in total. The molecule has 0 spiro atoms. The molecule has 1 heterocycles. The standard InChI is InChI=1S/C11H22N2O3/c1-8-7-9(3-6-16-8)13-11(14)10(12)4-5-15-2/h8-10H,3-7,12H2,1-2H3,(H,13,14). The van der Waals surface area contributed by atoms with E-state index in [2.05, 4.69) is 5.32 Å². The highest BCUT2D eigenvalue weighted by Gasteiger charge is 2.23. The van der Waals surface area contributed by atoms with Gasteiger partial charge < -0.3 is 20.5 Å². The predicted octanol–water partition coefficient (Wildman–Crippen LogP) is 0.0339. The van der Waals surface area contributed by atoms with E-state index in [4.69, 9.17) is 15.2 Å². The van der Waals surface area contributed by atoms with Crippen LogP contribution in [0, 0.1) is 0 Å². The average molecular weight is 230 g/mol. The summed E-state index contributed by atoms with van der Waals surface area (Å²) in [4.78, 5) is 11.7. The molecule has 3 N–H and O–H groups in total. The zero-order valence-electron chi connectivity index (χ0n) is 10.1. The summed E-state index contributed by atoms with van der Waals surface area (Å²) in [5, 5.41) is 2.96. The lowest BCUT2D eigenvalue weighted by Crippen LogP contribution is -2.48. The van der Waals surface area contributed by atoms with Crippen molar-refractivity contribution < 1.29 is 14.3 Å². The second-order valence-electron chi connectivity index (χ2n) is 4.30. The van der Waals surface area contributed by atoms with Crippen molar-refractivity contribution in [1.82, 2.24) is 5.32 Å². The molecule has 94 valence electrons. The molecule has 1 amide bonds. The summed E-state index contributed by atoms with van der Waals surface area (Å²) in [6, 6.07) is -0.275. The van der Waals surface area contributed by atoms with Gasteiger partial charge in [0.15, 0.2) is 0 Å². The van der Waals surface area contributed by atoms with Crippen LogP contribution in [-0.4, -0.2) is 44.4 Å². The Bertz CT molecular complexity index is 223. The first kappa shape index (κ1) is 13.4. The van der Waals surface area contributed by atoms with Gasteiger partial charge in [0.25, 0.3) is 0 Å². The Labute approximate surface area is 96.7 Å². The first-order chi connectivity index (χ1) is 7.63. The van der Waals surface area contributed by atoms with Gasteiger partial charge in [-0.15, -0.1) is 0 Å². The van der Waals surface area contributed by atoms with E-state index in [-0.39, 0.29) is 18.1 Å². The molecule has 0 aromatic heterocycles. The second kappa shape index (κ2) is 6.83. The maximum absolute atomic E-state index is 11.7. The fourth-order valence-electron chi connectivity index (χ4n) is 1.81. The van der Waals surface area contributed by atoms with Crippen LogP contribution in [0.1, 0.15) is 26.2 Å². The highest BCUT2D eigenvalue weighted by Crippen LogP contribution is 2.13. The lowest BCUT2D eigenvalue weighted by molar-refractivity contribution is -0.124. The van der Waals surface area contributed by atoms with Gasteiger partial charge in [0.1, 0.15) is 0 Å². The molecule has 5 heteroatoms. The predicted molar refractivity (Wildman–Crippen MR) is 61.0 cm³/mol. The first-order valence-corrected chi connectivity index (χ1v) is 5.80. The normalized spacial score (nSPS) is 27.4. The Balaban J connectivity index is 2.26. The molecule has 0 aromatic rings. The van der Waals surface area contributed by atoms with E-state index >= 15 is 0 Å². The van der Waals surface area contributed by atoms with Crippen LogP contribution in [0.3, 0.4) is 0 Å². The molecule has 0 aromatic carbocycles. The van der Waals surface area contributed by atoms with E-state index in [9.17, 15) is 4.79 Å². The molecule has 0 aliphatic carbocycles. The Morgan fingerprint density at radius 2 is 2.44 bits per heavy atom. The van der Waals surface area contributed by atoms with Crippen LogP contribution < -0.4 is 11.1 Å². The number of carbonyl (C=O) groups is 1. The van der Waals surface area contributed by atoms with E-state index < -0.39 is 6.04 Å². The van der Waals surface area contributed by atoms with E-state index in [0.717, 1.165) is 12.8 Å². The molecule has 0 radical (unpaired) electrons. The molecule has 1 aliphatic rings. The number of methoxy groups -OCH3 is 1. The van der Waals surface area contributed by atoms with E-state index in [1.807, 2.05) is 6.92 Å². The van der Waals surface area contributed by atoms with Gasteiger partial charge in [-0.3, -0.25) is 4.79 Å². The van der Waals surface area contributed by atoms with Crippen LogP contribution in [0.2, 0.25) is 0 Å². The fraction of sp³-hybridized carbons (Fsp3) is 0.909. The minimum absolute atomic E-state index is 0.0869. The third-order valence-electron chi connectivity index (χ3n) is 2.80. The van der Waals surface area contributed by atoms with Crippen LogP contribution in [0.5, 0.6) is 0 Å². The van der Waals surface area contributed by atoms with Crippen LogP contribution in [0.15, 0.2) is 0 Å². The molecule has 16 heavy (non-hydrogen) atoms. The lowest BCUT2D eigenvalue weighted by Gasteiger charge is -2.28. The van der Waals surface area contributed by atoms with Gasteiger partial charge in [-0.25, -0.2) is 0 Å². The van der Waals surface area contributed by atoms with Gasteiger partial charge in [0.05, 0.1) is 12.1 Å². The zero-order valence-corrected chi connectivity index (χ0v) is 10.1. The van der Waals surface area contributed by atoms with Crippen molar-refractivity contribution in [1.29, 1.82) is 0 Å². The molecule has 1 aliphatic heterocycles. The number of nitrogens with two attached hydrogens (primary N) is 1. The van der Waals surface area contributed by atoms with Crippen molar-refractivity contribution in [3.8, 4) is 0 Å². The lowest BCUT2D eigenvalue weighted by atomic mass is 10.0. The number of ether oxygens (including phenoxy) is 2. The molecule has 1 saturated heterocycles. The van der Waals surface area contributed by atoms with Crippen LogP contribution in [0.4, 0.5) is 0 Å². The Morgan fingerprint density at radius 1 is 1.69 bits per heavy atom. The quantitative estimate of drug-likeness (QED) is 0.699. The minimum Gasteiger partial charge on any atom is -0.385 e. The van der Waals surface area contributed by atoms with Crippen molar-refractivity contribution >= 4 is 5.91 Å². The van der Waals surface area contributed by atoms with Crippen molar-refractivity contribution in [2.75, 3.05) is 20.3 Å². The number of hydrogen-bond donors (Lipinski definition) is 2. The van der Waals surface area contributed by atoms with Crippen LogP contribution >= 0.6 is 0 Å². The SMILES string of the molecule is COCCC(N)C(=O)NC1CCOC(C)C1. The zero-order chi connectivity index (χ0) is 12.0. The van der Waals surface area contributed by atoms with Crippen LogP contribution in [-0.2, 0) is 14.3 Å². The molecule has 1 fully saturated rings. The third-order valence-corrected chi connectivity index (χ3v) is 2.80. The van der Waals surface area contributed by atoms with Gasteiger partial charge >= 0.3 is 0 Å². The summed E-state index contributed by atoms with van der Waals surface area (Å²) in [6.07, 6.45) is 2.51. The van der Waals surface area contributed by atoms with Gasteiger partial charge in [-0.1, -0.05) is 0 Å². The van der Waals surface area contributed by atoms with E-state index in [1.54, 1.807) is 7.11 Å². The first-order valence-electron chi connectivity index (χ1n) is 5.80. The molecule has 3 atom stereocenters. The van der Waals surface area contributed by atoms with Gasteiger partial charge in [0, 0.05) is 26.4 Å². The fourth-order valence-corrected chi connectivity index (χ4v) is 1.81. The van der Waals surface area contributed by atoms with Gasteiger partial charge in [-0.05, 0) is 26.2 Å². The minimum atomic E-state index is -0.474. The molecule has 1 rings (SSSR count).